The van der Waals surface area contributed by atoms with Gasteiger partial charge in [0.05, 0.1) is 12.8 Å². The molecule has 0 bridgehead atoms. The van der Waals surface area contributed by atoms with E-state index in [-0.39, 0.29) is 22.2 Å². The molecule has 0 heterocycles. The highest BCUT2D eigenvalue weighted by Gasteiger charge is 2.21. The number of methoxy groups -OCH3 is 1. The van der Waals surface area contributed by atoms with Gasteiger partial charge in [-0.15, -0.1) is 0 Å². The van der Waals surface area contributed by atoms with Gasteiger partial charge >= 0.3 is 10.1 Å². The predicted octanol–water partition coefficient (Wildman–Crippen LogP) is 4.09. The van der Waals surface area contributed by atoms with Gasteiger partial charge in [0.2, 0.25) is 5.91 Å². The van der Waals surface area contributed by atoms with E-state index in [2.05, 4.69) is 5.32 Å². The Morgan fingerprint density at radius 2 is 1.57 bits per heavy atom. The van der Waals surface area contributed by atoms with Gasteiger partial charge in [0.15, 0.2) is 5.75 Å². The highest BCUT2D eigenvalue weighted by atomic mass is 32.2. The van der Waals surface area contributed by atoms with Crippen molar-refractivity contribution in [1.82, 2.24) is 0 Å². The van der Waals surface area contributed by atoms with Gasteiger partial charge in [0.25, 0.3) is 0 Å². The lowest BCUT2D eigenvalue weighted by Crippen LogP contribution is -2.12. The summed E-state index contributed by atoms with van der Waals surface area (Å²) in [6.45, 7) is 1.33. The van der Waals surface area contributed by atoms with Crippen LogP contribution in [0, 0.1) is 0 Å². The first-order valence-electron chi connectivity index (χ1n) is 8.45. The average Bonchev–Trinajstić information content (AvgIpc) is 2.68. The molecule has 0 aliphatic rings. The fourth-order valence-corrected chi connectivity index (χ4v) is 3.67. The van der Waals surface area contributed by atoms with Gasteiger partial charge in [-0.25, -0.2) is 0 Å². The summed E-state index contributed by atoms with van der Waals surface area (Å²) in [6, 6.07) is 20.4. The minimum atomic E-state index is -4.13. The monoisotopic (exact) mass is 397 g/mol. The van der Waals surface area contributed by atoms with Gasteiger partial charge in [-0.2, -0.15) is 8.42 Å². The van der Waals surface area contributed by atoms with Crippen LogP contribution < -0.4 is 14.2 Å². The van der Waals surface area contributed by atoms with Gasteiger partial charge in [-0.1, -0.05) is 48.5 Å². The number of amides is 1. The van der Waals surface area contributed by atoms with Crippen LogP contribution in [0.25, 0.3) is 11.1 Å². The molecule has 0 saturated carbocycles. The quantitative estimate of drug-likeness (QED) is 0.634. The standard InChI is InChI=1S/C21H19NO5S/c1-15(23)22-19-14-17(12-13-21(19)26-2)28(24,25)27-20-11-7-6-10-18(20)16-8-4-3-5-9-16/h3-14H,1-2H3,(H,22,23). The van der Waals surface area contributed by atoms with Crippen molar-refractivity contribution in [3.8, 4) is 22.6 Å². The lowest BCUT2D eigenvalue weighted by atomic mass is 10.1. The van der Waals surface area contributed by atoms with Crippen molar-refractivity contribution < 1.29 is 22.1 Å². The van der Waals surface area contributed by atoms with Crippen molar-refractivity contribution >= 4 is 21.7 Å². The van der Waals surface area contributed by atoms with Gasteiger partial charge in [0.1, 0.15) is 10.6 Å². The van der Waals surface area contributed by atoms with Crippen LogP contribution >= 0.6 is 0 Å². The fourth-order valence-electron chi connectivity index (χ4n) is 2.69. The summed E-state index contributed by atoms with van der Waals surface area (Å²) in [6.07, 6.45) is 0. The number of ether oxygens (including phenoxy) is 1. The summed E-state index contributed by atoms with van der Waals surface area (Å²) in [5.74, 6) is 0.215. The highest BCUT2D eigenvalue weighted by molar-refractivity contribution is 7.87. The number of rotatable bonds is 6. The van der Waals surface area contributed by atoms with Crippen molar-refractivity contribution in [2.45, 2.75) is 11.8 Å². The zero-order valence-electron chi connectivity index (χ0n) is 15.4. The number of hydrogen-bond donors (Lipinski definition) is 1. The fraction of sp³-hybridized carbons (Fsp3) is 0.0952. The molecule has 0 aliphatic carbocycles. The molecule has 0 aromatic heterocycles. The summed E-state index contributed by atoms with van der Waals surface area (Å²) >= 11 is 0. The van der Waals surface area contributed by atoms with Crippen LogP contribution in [0.15, 0.2) is 77.7 Å². The molecule has 144 valence electrons. The summed E-state index contributed by atoms with van der Waals surface area (Å²) in [5, 5.41) is 2.55. The molecular formula is C21H19NO5S. The average molecular weight is 397 g/mol. The summed E-state index contributed by atoms with van der Waals surface area (Å²) < 4.78 is 36.3. The lowest BCUT2D eigenvalue weighted by Gasteiger charge is -2.14. The van der Waals surface area contributed by atoms with E-state index in [0.29, 0.717) is 11.3 Å². The van der Waals surface area contributed by atoms with Gasteiger partial charge in [-0.05, 0) is 29.8 Å². The normalized spacial score (nSPS) is 10.9. The van der Waals surface area contributed by atoms with Gasteiger partial charge in [-0.3, -0.25) is 4.79 Å². The molecule has 0 fully saturated rings. The van der Waals surface area contributed by atoms with Crippen LogP contribution in [0.5, 0.6) is 11.5 Å². The maximum Gasteiger partial charge on any atom is 0.339 e. The van der Waals surface area contributed by atoms with E-state index in [1.54, 1.807) is 18.2 Å². The third-order valence-corrected chi connectivity index (χ3v) is 5.17. The molecule has 3 rings (SSSR count). The third kappa shape index (κ3) is 4.32. The van der Waals surface area contributed by atoms with Crippen LogP contribution in [0.4, 0.5) is 5.69 Å². The predicted molar refractivity (Wildman–Crippen MR) is 107 cm³/mol. The minimum absolute atomic E-state index is 0.0973. The number of carbonyl (C=O) groups is 1. The third-order valence-electron chi connectivity index (χ3n) is 3.94. The molecule has 0 saturated heterocycles. The second-order valence-corrected chi connectivity index (χ2v) is 7.49. The Morgan fingerprint density at radius 3 is 2.25 bits per heavy atom. The van der Waals surface area contributed by atoms with Crippen molar-refractivity contribution in [1.29, 1.82) is 0 Å². The Labute approximate surface area is 163 Å². The Morgan fingerprint density at radius 1 is 0.893 bits per heavy atom. The number of carbonyl (C=O) groups excluding carboxylic acids is 1. The van der Waals surface area contributed by atoms with Crippen molar-refractivity contribution in [2.24, 2.45) is 0 Å². The van der Waals surface area contributed by atoms with Crippen LogP contribution in [0.1, 0.15) is 6.92 Å². The number of hydrogen-bond acceptors (Lipinski definition) is 5. The van der Waals surface area contributed by atoms with E-state index in [4.69, 9.17) is 8.92 Å². The number of nitrogens with one attached hydrogen (secondary N) is 1. The number of benzene rings is 3. The van der Waals surface area contributed by atoms with Crippen molar-refractivity contribution in [2.75, 3.05) is 12.4 Å². The topological polar surface area (TPSA) is 81.7 Å². The molecule has 7 heteroatoms. The zero-order chi connectivity index (χ0) is 20.1. The van der Waals surface area contributed by atoms with E-state index in [9.17, 15) is 13.2 Å². The minimum Gasteiger partial charge on any atom is -0.495 e. The highest BCUT2D eigenvalue weighted by Crippen LogP contribution is 2.33. The Balaban J connectivity index is 1.99. The van der Waals surface area contributed by atoms with Crippen LogP contribution in [0.2, 0.25) is 0 Å². The molecular weight excluding hydrogens is 378 g/mol. The van der Waals surface area contributed by atoms with Gasteiger partial charge < -0.3 is 14.2 Å². The second kappa shape index (κ2) is 8.14. The molecule has 3 aromatic carbocycles. The number of para-hydroxylation sites is 1. The second-order valence-electron chi connectivity index (χ2n) is 5.94. The van der Waals surface area contributed by atoms with E-state index in [0.717, 1.165) is 5.56 Å². The first-order valence-corrected chi connectivity index (χ1v) is 9.86. The van der Waals surface area contributed by atoms with Crippen molar-refractivity contribution in [3.63, 3.8) is 0 Å². The van der Waals surface area contributed by atoms with Crippen LogP contribution in [-0.4, -0.2) is 21.4 Å². The Bertz CT molecular complexity index is 1090. The molecule has 0 unspecified atom stereocenters. The first kappa shape index (κ1) is 19.4. The zero-order valence-corrected chi connectivity index (χ0v) is 16.2. The molecule has 0 atom stereocenters. The summed E-state index contributed by atoms with van der Waals surface area (Å²) in [4.78, 5) is 11.3. The van der Waals surface area contributed by atoms with Crippen LogP contribution in [-0.2, 0) is 14.9 Å². The molecule has 1 N–H and O–H groups in total. The first-order chi connectivity index (χ1) is 13.4. The van der Waals surface area contributed by atoms with E-state index in [1.807, 2.05) is 36.4 Å². The molecule has 0 aliphatic heterocycles. The van der Waals surface area contributed by atoms with Crippen molar-refractivity contribution in [3.05, 3.63) is 72.8 Å². The van der Waals surface area contributed by atoms with E-state index >= 15 is 0 Å². The van der Waals surface area contributed by atoms with E-state index < -0.39 is 10.1 Å². The molecule has 0 spiro atoms. The molecule has 0 radical (unpaired) electrons. The summed E-state index contributed by atoms with van der Waals surface area (Å²) in [7, 11) is -2.70. The largest absolute Gasteiger partial charge is 0.495 e. The smallest absolute Gasteiger partial charge is 0.339 e. The molecule has 6 nitrogen and oxygen atoms in total. The van der Waals surface area contributed by atoms with E-state index in [1.165, 1.54) is 32.2 Å². The number of anilines is 1. The Hall–Kier alpha value is -3.32. The molecule has 1 amide bonds. The lowest BCUT2D eigenvalue weighted by molar-refractivity contribution is -0.114. The molecule has 3 aromatic rings. The SMILES string of the molecule is COc1ccc(S(=O)(=O)Oc2ccccc2-c2ccccc2)cc1NC(C)=O. The van der Waals surface area contributed by atoms with Crippen LogP contribution in [0.3, 0.4) is 0 Å². The maximum absolute atomic E-state index is 12.8. The Kier molecular flexibility index (Phi) is 5.65. The maximum atomic E-state index is 12.8. The summed E-state index contributed by atoms with van der Waals surface area (Å²) in [5.41, 5.74) is 1.74. The van der Waals surface area contributed by atoms with Gasteiger partial charge in [0, 0.05) is 12.5 Å². The molecule has 28 heavy (non-hydrogen) atoms.